The van der Waals surface area contributed by atoms with E-state index >= 15 is 0 Å². The van der Waals surface area contributed by atoms with Crippen molar-refractivity contribution in [3.05, 3.63) is 82.8 Å². The molecule has 5 rings (SSSR count). The van der Waals surface area contributed by atoms with Crippen LogP contribution in [0, 0.1) is 11.3 Å². The minimum absolute atomic E-state index is 0.0129. The molecule has 0 spiro atoms. The van der Waals surface area contributed by atoms with E-state index < -0.39 is 5.92 Å². The van der Waals surface area contributed by atoms with E-state index in [4.69, 9.17) is 10.5 Å². The Balaban J connectivity index is 1.44. The van der Waals surface area contributed by atoms with Crippen LogP contribution >= 0.6 is 23.1 Å². The van der Waals surface area contributed by atoms with Crippen molar-refractivity contribution >= 4 is 45.6 Å². The molecule has 0 bridgehead atoms. The number of nitrogens with zero attached hydrogens (tertiary/aromatic N) is 4. The largest absolute Gasteiger partial charge is 0.497 e. The second-order valence-corrected chi connectivity index (χ2v) is 10.8. The van der Waals surface area contributed by atoms with Crippen LogP contribution < -0.4 is 20.7 Å². The molecule has 2 heterocycles. The number of amides is 1. The fourth-order valence-corrected chi connectivity index (χ4v) is 6.34. The number of ether oxygens (including phenoxy) is 1. The van der Waals surface area contributed by atoms with Crippen molar-refractivity contribution in [3.63, 3.8) is 0 Å². The average Bonchev–Trinajstić information content (AvgIpc) is 3.40. The van der Waals surface area contributed by atoms with E-state index in [1.807, 2.05) is 54.6 Å². The summed E-state index contributed by atoms with van der Waals surface area (Å²) in [5.74, 6) is 0.254. The number of anilines is 2. The van der Waals surface area contributed by atoms with Gasteiger partial charge in [-0.1, -0.05) is 53.4 Å². The predicted molar refractivity (Wildman–Crippen MR) is 147 cm³/mol. The number of hydrogen-bond donors (Lipinski definition) is 2. The minimum atomic E-state index is -0.586. The number of nitrogens with two attached hydrogens (primary N) is 1. The summed E-state index contributed by atoms with van der Waals surface area (Å²) in [7, 11) is 1.57. The van der Waals surface area contributed by atoms with Crippen molar-refractivity contribution < 1.29 is 14.3 Å². The summed E-state index contributed by atoms with van der Waals surface area (Å²) in [5, 5.41) is 22.0. The molecule has 38 heavy (non-hydrogen) atoms. The first-order chi connectivity index (χ1) is 18.5. The molecule has 1 aromatic heterocycles. The molecule has 1 unspecified atom stereocenters. The van der Waals surface area contributed by atoms with Gasteiger partial charge in [0.1, 0.15) is 11.6 Å². The van der Waals surface area contributed by atoms with Crippen molar-refractivity contribution in [3.8, 4) is 11.8 Å². The number of benzene rings is 2. The number of Topliss-reactive ketones (excluding diaryl/α,β-unsaturated/α-hetero) is 1. The number of para-hydroxylation sites is 1. The van der Waals surface area contributed by atoms with Crippen LogP contribution in [-0.2, 0) is 9.59 Å². The monoisotopic (exact) mass is 544 g/mol. The maximum Gasteiger partial charge on any atom is 0.234 e. The Morgan fingerprint density at radius 3 is 2.82 bits per heavy atom. The van der Waals surface area contributed by atoms with Crippen LogP contribution in [-0.4, -0.2) is 34.8 Å². The highest BCUT2D eigenvalue weighted by atomic mass is 32.2. The van der Waals surface area contributed by atoms with Crippen molar-refractivity contribution in [2.45, 2.75) is 29.5 Å². The normalized spacial score (nSPS) is 17.2. The maximum absolute atomic E-state index is 13.3. The molecule has 1 amide bonds. The summed E-state index contributed by atoms with van der Waals surface area (Å²) < 4.78 is 5.96. The van der Waals surface area contributed by atoms with Gasteiger partial charge >= 0.3 is 0 Å². The number of allylic oxidation sites excluding steroid dienone is 3. The van der Waals surface area contributed by atoms with E-state index in [1.54, 1.807) is 12.0 Å². The summed E-state index contributed by atoms with van der Waals surface area (Å²) in [6, 6.07) is 18.8. The summed E-state index contributed by atoms with van der Waals surface area (Å²) in [4.78, 5) is 27.3. The third-order valence-electron chi connectivity index (χ3n) is 6.31. The van der Waals surface area contributed by atoms with Crippen LogP contribution in [0.25, 0.3) is 0 Å². The van der Waals surface area contributed by atoms with Crippen molar-refractivity contribution in [2.24, 2.45) is 5.73 Å². The number of ketones is 1. The van der Waals surface area contributed by atoms with Crippen LogP contribution in [0.1, 0.15) is 30.7 Å². The van der Waals surface area contributed by atoms with Gasteiger partial charge in [0.15, 0.2) is 10.1 Å². The Labute approximate surface area is 228 Å². The number of thioether (sulfide) groups is 1. The summed E-state index contributed by atoms with van der Waals surface area (Å²) in [5.41, 5.74) is 9.67. The van der Waals surface area contributed by atoms with Crippen LogP contribution in [0.3, 0.4) is 0 Å². The summed E-state index contributed by atoms with van der Waals surface area (Å²) in [6.45, 7) is 0. The van der Waals surface area contributed by atoms with Crippen molar-refractivity contribution in [2.75, 3.05) is 23.1 Å². The molecule has 0 saturated carbocycles. The fourth-order valence-electron chi connectivity index (χ4n) is 4.66. The van der Waals surface area contributed by atoms with Gasteiger partial charge in [0.25, 0.3) is 0 Å². The third-order valence-corrected chi connectivity index (χ3v) is 8.35. The molecule has 3 aromatic rings. The number of nitriles is 1. The Kier molecular flexibility index (Phi) is 7.44. The van der Waals surface area contributed by atoms with E-state index in [9.17, 15) is 14.9 Å². The van der Waals surface area contributed by atoms with Gasteiger partial charge in [-0.05, 0) is 42.7 Å². The van der Waals surface area contributed by atoms with Gasteiger partial charge in [-0.25, -0.2) is 0 Å². The highest BCUT2D eigenvalue weighted by Crippen LogP contribution is 2.47. The highest BCUT2D eigenvalue weighted by Gasteiger charge is 2.41. The Bertz CT molecular complexity index is 1490. The van der Waals surface area contributed by atoms with Crippen LogP contribution in [0.15, 0.2) is 81.6 Å². The fraction of sp³-hybridized carbons (Fsp3) is 0.222. The van der Waals surface area contributed by atoms with Crippen LogP contribution in [0.5, 0.6) is 5.75 Å². The standard InChI is InChI=1S/C27H24N6O3S2/c1-36-18-10-5-7-16(13-18)23-19(14-28)25(29)33(20-11-6-12-21(34)24(20)23)26-31-32-27(38-26)37-15-22(35)30-17-8-3-2-4-9-17/h2-5,7-10,13,23H,6,11-12,15,29H2,1H3,(H,30,35). The summed E-state index contributed by atoms with van der Waals surface area (Å²) >= 11 is 2.52. The number of hydrogen-bond acceptors (Lipinski definition) is 10. The quantitative estimate of drug-likeness (QED) is 0.410. The molecule has 0 fully saturated rings. The SMILES string of the molecule is COc1cccc(C2C(C#N)=C(N)N(c3nnc(SCC(=O)Nc4ccccc4)s3)C3=C2C(=O)CCC3)c1. The highest BCUT2D eigenvalue weighted by molar-refractivity contribution is 8.01. The lowest BCUT2D eigenvalue weighted by Crippen LogP contribution is -2.38. The average molecular weight is 545 g/mol. The number of aromatic nitrogens is 2. The summed E-state index contributed by atoms with van der Waals surface area (Å²) in [6.07, 6.45) is 1.69. The van der Waals surface area contributed by atoms with E-state index in [-0.39, 0.29) is 28.8 Å². The van der Waals surface area contributed by atoms with E-state index in [2.05, 4.69) is 21.6 Å². The third kappa shape index (κ3) is 5.01. The molecule has 9 nitrogen and oxygen atoms in total. The molecule has 1 atom stereocenters. The van der Waals surface area contributed by atoms with Gasteiger partial charge in [0, 0.05) is 23.4 Å². The van der Waals surface area contributed by atoms with Gasteiger partial charge in [-0.2, -0.15) is 5.26 Å². The molecule has 0 saturated heterocycles. The van der Waals surface area contributed by atoms with Crippen molar-refractivity contribution in [1.29, 1.82) is 5.26 Å². The Hall–Kier alpha value is -4.14. The van der Waals surface area contributed by atoms with Gasteiger partial charge in [0.05, 0.1) is 30.4 Å². The van der Waals surface area contributed by atoms with Crippen LogP contribution in [0.2, 0.25) is 0 Å². The topological polar surface area (TPSA) is 134 Å². The smallest absolute Gasteiger partial charge is 0.234 e. The number of nitrogens with one attached hydrogen (secondary N) is 1. The molecule has 3 N–H and O–H groups in total. The van der Waals surface area contributed by atoms with Gasteiger partial charge in [-0.15, -0.1) is 10.2 Å². The Morgan fingerprint density at radius 2 is 2.05 bits per heavy atom. The lowest BCUT2D eigenvalue weighted by Gasteiger charge is -2.38. The molecule has 1 aliphatic carbocycles. The van der Waals surface area contributed by atoms with Gasteiger partial charge in [-0.3, -0.25) is 14.5 Å². The zero-order valence-electron chi connectivity index (χ0n) is 20.5. The predicted octanol–water partition coefficient (Wildman–Crippen LogP) is 4.58. The van der Waals surface area contributed by atoms with Gasteiger partial charge < -0.3 is 15.8 Å². The second-order valence-electron chi connectivity index (χ2n) is 8.65. The van der Waals surface area contributed by atoms with Gasteiger partial charge in [0.2, 0.25) is 11.0 Å². The molecule has 0 radical (unpaired) electrons. The molecule has 2 aliphatic rings. The first-order valence-corrected chi connectivity index (χ1v) is 13.7. The molecule has 1 aliphatic heterocycles. The Morgan fingerprint density at radius 1 is 1.24 bits per heavy atom. The molecular formula is C27H24N6O3S2. The lowest BCUT2D eigenvalue weighted by molar-refractivity contribution is -0.116. The lowest BCUT2D eigenvalue weighted by atomic mass is 9.76. The zero-order chi connectivity index (χ0) is 26.6. The first kappa shape index (κ1) is 25.5. The molecule has 192 valence electrons. The zero-order valence-corrected chi connectivity index (χ0v) is 22.1. The maximum atomic E-state index is 13.3. The van der Waals surface area contributed by atoms with E-state index in [1.165, 1.54) is 23.1 Å². The van der Waals surface area contributed by atoms with Crippen molar-refractivity contribution in [1.82, 2.24) is 10.2 Å². The molecule has 2 aromatic carbocycles. The number of carbonyl (C=O) groups is 2. The molecule has 11 heteroatoms. The van der Waals surface area contributed by atoms with E-state index in [0.717, 1.165) is 16.9 Å². The molecular weight excluding hydrogens is 520 g/mol. The number of methoxy groups -OCH3 is 1. The second kappa shape index (κ2) is 11.1. The number of rotatable bonds is 7. The minimum Gasteiger partial charge on any atom is -0.497 e. The number of carbonyl (C=O) groups excluding carboxylic acids is 2. The first-order valence-electron chi connectivity index (χ1n) is 11.9. The van der Waals surface area contributed by atoms with Crippen LogP contribution in [0.4, 0.5) is 10.8 Å². The van der Waals surface area contributed by atoms with E-state index in [0.29, 0.717) is 40.1 Å².